The molecule has 3 aliphatic heterocycles. The van der Waals surface area contributed by atoms with Crippen molar-refractivity contribution in [3.63, 3.8) is 0 Å². The first-order valence-electron chi connectivity index (χ1n) is 16.7. The molecule has 264 valence electrons. The lowest BCUT2D eigenvalue weighted by Gasteiger charge is -2.37. The maximum atomic E-state index is 15.0. The Bertz CT molecular complexity index is 2150. The van der Waals surface area contributed by atoms with Crippen molar-refractivity contribution in [2.24, 2.45) is 0 Å². The van der Waals surface area contributed by atoms with E-state index in [2.05, 4.69) is 10.2 Å². The van der Waals surface area contributed by atoms with Gasteiger partial charge in [0, 0.05) is 76.2 Å². The molecule has 3 N–H and O–H groups in total. The lowest BCUT2D eigenvalue weighted by atomic mass is 10.1. The Labute approximate surface area is 284 Å². The van der Waals surface area contributed by atoms with Gasteiger partial charge in [0.15, 0.2) is 11.6 Å². The summed E-state index contributed by atoms with van der Waals surface area (Å²) in [5, 5.41) is 22.0. The van der Waals surface area contributed by atoms with Crippen molar-refractivity contribution in [3.8, 4) is 5.75 Å². The summed E-state index contributed by atoms with van der Waals surface area (Å²) >= 11 is 0. The fourth-order valence-corrected chi connectivity index (χ4v) is 7.00. The van der Waals surface area contributed by atoms with Crippen molar-refractivity contribution in [3.05, 3.63) is 73.8 Å². The number of likely N-dealkylation sites (N-methyl/N-ethyl adjacent to an activating group) is 1. The molecular weight excluding hydrogens is 654 g/mol. The van der Waals surface area contributed by atoms with Crippen LogP contribution in [0.15, 0.2) is 40.2 Å². The zero-order valence-electron chi connectivity index (χ0n) is 27.7. The van der Waals surface area contributed by atoms with Crippen LogP contribution >= 0.6 is 0 Å². The highest BCUT2D eigenvalue weighted by Crippen LogP contribution is 2.42. The van der Waals surface area contributed by atoms with Crippen molar-refractivity contribution in [2.75, 3.05) is 75.8 Å². The molecule has 2 aromatic heterocycles. The van der Waals surface area contributed by atoms with Crippen LogP contribution < -0.4 is 30.7 Å². The second kappa shape index (κ2) is 13.0. The number of carboxylic acids is 2. The van der Waals surface area contributed by atoms with Gasteiger partial charge < -0.3 is 44.1 Å². The Balaban J connectivity index is 0.000000157. The first kappa shape index (κ1) is 33.5. The number of hydrogen-bond acceptors (Lipinski definition) is 9. The van der Waals surface area contributed by atoms with Crippen molar-refractivity contribution in [1.82, 2.24) is 19.4 Å². The first-order valence-corrected chi connectivity index (χ1v) is 16.7. The topological polar surface area (TPSA) is 150 Å². The van der Waals surface area contributed by atoms with Gasteiger partial charge in [-0.3, -0.25) is 9.59 Å². The van der Waals surface area contributed by atoms with E-state index in [1.54, 1.807) is 10.6 Å². The van der Waals surface area contributed by atoms with Crippen LogP contribution in [0.3, 0.4) is 0 Å². The Hall–Kier alpha value is -5.02. The number of benzene rings is 2. The van der Waals surface area contributed by atoms with E-state index in [1.165, 1.54) is 18.5 Å². The maximum absolute atomic E-state index is 15.0. The van der Waals surface area contributed by atoms with Crippen LogP contribution in [-0.4, -0.2) is 102 Å². The highest BCUT2D eigenvalue weighted by molar-refractivity contribution is 5.97. The number of anilines is 2. The third-order valence-electron chi connectivity index (χ3n) is 9.92. The smallest absolute Gasteiger partial charge is 0.341 e. The lowest BCUT2D eigenvalue weighted by molar-refractivity contribution is 0.0683. The molecule has 4 aliphatic rings. The van der Waals surface area contributed by atoms with E-state index in [-0.39, 0.29) is 40.6 Å². The van der Waals surface area contributed by atoms with Crippen LogP contribution in [0.25, 0.3) is 21.8 Å². The number of fused-ring (bicyclic) bond motifs is 1. The number of aromatic nitrogens is 2. The molecule has 50 heavy (non-hydrogen) atoms. The summed E-state index contributed by atoms with van der Waals surface area (Å²) in [7, 11) is 2.02. The molecule has 15 heteroatoms. The second-order valence-corrected chi connectivity index (χ2v) is 13.3. The molecule has 0 spiro atoms. The average molecular weight is 693 g/mol. The summed E-state index contributed by atoms with van der Waals surface area (Å²) in [6.45, 7) is 8.04. The molecule has 13 nitrogen and oxygen atoms in total. The van der Waals surface area contributed by atoms with Crippen molar-refractivity contribution in [1.29, 1.82) is 0 Å². The van der Waals surface area contributed by atoms with Gasteiger partial charge in [-0.05, 0) is 45.0 Å². The molecule has 0 bridgehead atoms. The van der Waals surface area contributed by atoms with Crippen molar-refractivity contribution < 1.29 is 33.3 Å². The fraction of sp³-hybridized carbons (Fsp3) is 0.429. The monoisotopic (exact) mass is 692 g/mol. The summed E-state index contributed by atoms with van der Waals surface area (Å²) in [5.41, 5.74) is -0.0644. The molecule has 4 aromatic rings. The Kier molecular flexibility index (Phi) is 8.72. The van der Waals surface area contributed by atoms with Gasteiger partial charge in [-0.15, -0.1) is 0 Å². The minimum Gasteiger partial charge on any atom is -0.487 e. The molecule has 1 atom stereocenters. The highest BCUT2D eigenvalue weighted by atomic mass is 19.1. The fourth-order valence-electron chi connectivity index (χ4n) is 7.00. The summed E-state index contributed by atoms with van der Waals surface area (Å²) in [5.74, 6) is -3.30. The van der Waals surface area contributed by atoms with Crippen LogP contribution in [0, 0.1) is 11.6 Å². The molecule has 8 rings (SSSR count). The van der Waals surface area contributed by atoms with Gasteiger partial charge in [0.25, 0.3) is 0 Å². The number of halogens is 2. The molecular formula is C35H38F2N6O7. The van der Waals surface area contributed by atoms with E-state index in [9.17, 15) is 38.2 Å². The minimum absolute atomic E-state index is 0.0434. The second-order valence-electron chi connectivity index (χ2n) is 13.3. The Morgan fingerprint density at radius 1 is 0.820 bits per heavy atom. The summed E-state index contributed by atoms with van der Waals surface area (Å²) in [4.78, 5) is 53.8. The Morgan fingerprint density at radius 2 is 1.42 bits per heavy atom. The zero-order valence-corrected chi connectivity index (χ0v) is 27.7. The SMILES string of the molecule is C[C@H]1COc2c(N3CCN(C)CC3)c(F)cc3c(=O)c(C(=O)O)cn1c23.O=C(O)c1cn(C2CC2)c2cc(N3CCNCC3)c(F)cc2c1=O. The van der Waals surface area contributed by atoms with Crippen LogP contribution in [0.5, 0.6) is 5.75 Å². The highest BCUT2D eigenvalue weighted by Gasteiger charge is 2.31. The number of ether oxygens (including phenoxy) is 1. The van der Waals surface area contributed by atoms with E-state index < -0.39 is 34.4 Å². The third-order valence-corrected chi connectivity index (χ3v) is 9.92. The normalized spacial score (nSPS) is 19.2. The number of carboxylic acid groups (broad SMARTS) is 2. The molecule has 3 fully saturated rings. The van der Waals surface area contributed by atoms with Gasteiger partial charge in [0.2, 0.25) is 10.9 Å². The van der Waals surface area contributed by atoms with Crippen molar-refractivity contribution in [2.45, 2.75) is 31.8 Å². The van der Waals surface area contributed by atoms with Gasteiger partial charge in [0.05, 0.1) is 28.1 Å². The predicted octanol–water partition coefficient (Wildman–Crippen LogP) is 3.13. The molecule has 2 aromatic carbocycles. The Morgan fingerprint density at radius 3 is 2.04 bits per heavy atom. The molecule has 1 aliphatic carbocycles. The number of pyridine rings is 2. The van der Waals surface area contributed by atoms with Gasteiger partial charge in [-0.25, -0.2) is 18.4 Å². The van der Waals surface area contributed by atoms with E-state index >= 15 is 0 Å². The third kappa shape index (κ3) is 5.93. The van der Waals surface area contributed by atoms with E-state index in [4.69, 9.17) is 4.74 Å². The standard InChI is InChI=1S/C18H20FN3O4.C17H18FN3O3/c1-10-9-26-17-14-11(16(23)12(18(24)25)8-22(10)14)7-13(19)15(17)21-5-3-20(2)4-6-21;18-13-7-11-14(8-15(13)20-5-3-19-4-6-20)21(10-1-2-10)9-12(16(11)22)17(23)24/h7-8,10H,3-6,9H2,1-2H3,(H,24,25);7-10,19H,1-6H2,(H,23,24)/t10-;/m0./s1. The summed E-state index contributed by atoms with van der Waals surface area (Å²) in [6.07, 6.45) is 4.63. The molecule has 0 radical (unpaired) electrons. The molecule has 1 saturated carbocycles. The van der Waals surface area contributed by atoms with Gasteiger partial charge in [-0.1, -0.05) is 0 Å². The van der Waals surface area contributed by atoms with Crippen LogP contribution in [0.4, 0.5) is 20.2 Å². The van der Waals surface area contributed by atoms with Gasteiger partial charge >= 0.3 is 11.9 Å². The minimum atomic E-state index is -1.32. The zero-order chi connectivity index (χ0) is 35.4. The molecule has 5 heterocycles. The average Bonchev–Trinajstić information content (AvgIpc) is 3.94. The quantitative estimate of drug-likeness (QED) is 0.283. The van der Waals surface area contributed by atoms with Crippen LogP contribution in [0.1, 0.15) is 52.6 Å². The molecule has 0 unspecified atom stereocenters. The lowest BCUT2D eigenvalue weighted by Crippen LogP contribution is -2.45. The number of carbonyl (C=O) groups is 2. The van der Waals surface area contributed by atoms with E-state index in [1.807, 2.05) is 28.3 Å². The molecule has 2 saturated heterocycles. The molecule has 0 amide bonds. The van der Waals surface area contributed by atoms with Gasteiger partial charge in [0.1, 0.15) is 29.2 Å². The largest absolute Gasteiger partial charge is 0.487 e. The maximum Gasteiger partial charge on any atom is 0.341 e. The first-order chi connectivity index (χ1) is 23.9. The van der Waals surface area contributed by atoms with E-state index in [0.29, 0.717) is 54.3 Å². The number of aromatic carboxylic acids is 2. The van der Waals surface area contributed by atoms with Crippen LogP contribution in [-0.2, 0) is 0 Å². The summed E-state index contributed by atoms with van der Waals surface area (Å²) in [6, 6.07) is 4.07. The number of nitrogens with one attached hydrogen (secondary N) is 1. The number of nitrogens with zero attached hydrogens (tertiary/aromatic N) is 5. The van der Waals surface area contributed by atoms with E-state index in [0.717, 1.165) is 45.1 Å². The van der Waals surface area contributed by atoms with Crippen LogP contribution in [0.2, 0.25) is 0 Å². The summed E-state index contributed by atoms with van der Waals surface area (Å²) < 4.78 is 39.0. The number of rotatable bonds is 5. The number of hydrogen-bond donors (Lipinski definition) is 3. The van der Waals surface area contributed by atoms with Gasteiger partial charge in [-0.2, -0.15) is 0 Å². The van der Waals surface area contributed by atoms with Crippen molar-refractivity contribution >= 4 is 45.1 Å². The number of piperazine rings is 2. The predicted molar refractivity (Wildman–Crippen MR) is 184 cm³/mol.